The summed E-state index contributed by atoms with van der Waals surface area (Å²) in [6, 6.07) is 7.64. The molecule has 2 rings (SSSR count). The maximum absolute atomic E-state index is 12.3. The van der Waals surface area contributed by atoms with Crippen LogP contribution in [0.2, 0.25) is 5.02 Å². The zero-order valence-corrected chi connectivity index (χ0v) is 14.5. The molecule has 23 heavy (non-hydrogen) atoms. The van der Waals surface area contributed by atoms with Crippen molar-refractivity contribution in [3.63, 3.8) is 0 Å². The predicted molar refractivity (Wildman–Crippen MR) is 92.0 cm³/mol. The van der Waals surface area contributed by atoms with Crippen molar-refractivity contribution >= 4 is 23.4 Å². The van der Waals surface area contributed by atoms with Gasteiger partial charge in [0.2, 0.25) is 11.8 Å². The fourth-order valence-corrected chi connectivity index (χ4v) is 3.08. The van der Waals surface area contributed by atoms with E-state index in [1.54, 1.807) is 0 Å². The van der Waals surface area contributed by atoms with Crippen LogP contribution < -0.4 is 10.6 Å². The second kappa shape index (κ2) is 8.34. The first-order chi connectivity index (χ1) is 11.0. The van der Waals surface area contributed by atoms with E-state index < -0.39 is 0 Å². The van der Waals surface area contributed by atoms with Gasteiger partial charge in [0.25, 0.3) is 0 Å². The number of nitrogens with one attached hydrogen (secondary N) is 2. The average molecular weight is 337 g/mol. The van der Waals surface area contributed by atoms with Gasteiger partial charge in [-0.15, -0.1) is 0 Å². The summed E-state index contributed by atoms with van der Waals surface area (Å²) >= 11 is 5.85. The Kier molecular flexibility index (Phi) is 6.46. The van der Waals surface area contributed by atoms with E-state index in [2.05, 4.69) is 10.6 Å². The first-order valence-electron chi connectivity index (χ1n) is 8.28. The van der Waals surface area contributed by atoms with E-state index in [4.69, 9.17) is 11.6 Å². The molecule has 5 heteroatoms. The van der Waals surface area contributed by atoms with E-state index in [0.717, 1.165) is 31.2 Å². The first-order valence-corrected chi connectivity index (χ1v) is 8.66. The van der Waals surface area contributed by atoms with Gasteiger partial charge in [0.05, 0.1) is 0 Å². The van der Waals surface area contributed by atoms with Crippen LogP contribution in [0.4, 0.5) is 0 Å². The van der Waals surface area contributed by atoms with Crippen LogP contribution in [0.1, 0.15) is 45.1 Å². The Balaban J connectivity index is 1.75. The minimum absolute atomic E-state index is 0.0189. The van der Waals surface area contributed by atoms with Gasteiger partial charge in [-0.1, -0.05) is 23.7 Å². The van der Waals surface area contributed by atoms with E-state index in [1.165, 1.54) is 0 Å². The summed E-state index contributed by atoms with van der Waals surface area (Å²) in [6.45, 7) is 4.45. The van der Waals surface area contributed by atoms with Crippen molar-refractivity contribution in [2.24, 2.45) is 11.8 Å². The molecular formula is C18H25ClN2O2. The Morgan fingerprint density at radius 3 is 2.09 bits per heavy atom. The largest absolute Gasteiger partial charge is 0.354 e. The van der Waals surface area contributed by atoms with Crippen LogP contribution in [0, 0.1) is 11.8 Å². The fourth-order valence-electron chi connectivity index (χ4n) is 2.96. The molecule has 2 amide bonds. The Morgan fingerprint density at radius 1 is 1.04 bits per heavy atom. The predicted octanol–water partition coefficient (Wildman–Crippen LogP) is 3.29. The lowest BCUT2D eigenvalue weighted by Gasteiger charge is -2.27. The quantitative estimate of drug-likeness (QED) is 0.866. The number of hydrogen-bond acceptors (Lipinski definition) is 2. The standard InChI is InChI=1S/C18H25ClN2O2/c1-12(2)21-18(23)15-7-5-14(6-8-15)17(22)20-11-13-3-9-16(19)10-4-13/h3-4,9-10,12,14-15H,5-8,11H2,1-2H3,(H,20,22)(H,21,23). The lowest BCUT2D eigenvalue weighted by molar-refractivity contribution is -0.130. The number of carbonyl (C=O) groups is 2. The van der Waals surface area contributed by atoms with Gasteiger partial charge in [-0.2, -0.15) is 0 Å². The molecule has 2 N–H and O–H groups in total. The van der Waals surface area contributed by atoms with Gasteiger partial charge >= 0.3 is 0 Å². The highest BCUT2D eigenvalue weighted by Crippen LogP contribution is 2.29. The van der Waals surface area contributed by atoms with Crippen molar-refractivity contribution in [2.45, 2.75) is 52.1 Å². The smallest absolute Gasteiger partial charge is 0.223 e. The van der Waals surface area contributed by atoms with Gasteiger partial charge in [0.15, 0.2) is 0 Å². The number of halogens is 1. The number of carbonyl (C=O) groups excluding carboxylic acids is 2. The van der Waals surface area contributed by atoms with Crippen molar-refractivity contribution in [3.8, 4) is 0 Å². The van der Waals surface area contributed by atoms with Crippen molar-refractivity contribution in [2.75, 3.05) is 0 Å². The van der Waals surface area contributed by atoms with Gasteiger partial charge in [0.1, 0.15) is 0 Å². The minimum Gasteiger partial charge on any atom is -0.354 e. The molecule has 1 fully saturated rings. The molecule has 0 saturated heterocycles. The molecule has 0 radical (unpaired) electrons. The fraction of sp³-hybridized carbons (Fsp3) is 0.556. The van der Waals surface area contributed by atoms with Gasteiger partial charge < -0.3 is 10.6 Å². The summed E-state index contributed by atoms with van der Waals surface area (Å²) in [7, 11) is 0. The third-order valence-corrected chi connectivity index (χ3v) is 4.53. The summed E-state index contributed by atoms with van der Waals surface area (Å²) < 4.78 is 0. The van der Waals surface area contributed by atoms with Crippen molar-refractivity contribution in [1.82, 2.24) is 10.6 Å². The Hall–Kier alpha value is -1.55. The normalized spacial score (nSPS) is 21.0. The molecule has 1 aliphatic rings. The van der Waals surface area contributed by atoms with Crippen LogP contribution in [0.5, 0.6) is 0 Å². The molecule has 1 aliphatic carbocycles. The van der Waals surface area contributed by atoms with E-state index >= 15 is 0 Å². The van der Waals surface area contributed by atoms with Crippen LogP contribution in [-0.4, -0.2) is 17.9 Å². The molecule has 0 aliphatic heterocycles. The molecule has 0 bridgehead atoms. The number of amides is 2. The molecule has 0 unspecified atom stereocenters. The maximum atomic E-state index is 12.3. The monoisotopic (exact) mass is 336 g/mol. The van der Waals surface area contributed by atoms with Gasteiger partial charge in [-0.25, -0.2) is 0 Å². The van der Waals surface area contributed by atoms with Crippen molar-refractivity contribution in [1.29, 1.82) is 0 Å². The molecule has 0 aromatic heterocycles. The Bertz CT molecular complexity index is 534. The maximum Gasteiger partial charge on any atom is 0.223 e. The Labute approximate surface area is 143 Å². The second-order valence-electron chi connectivity index (χ2n) is 6.56. The summed E-state index contributed by atoms with van der Waals surface area (Å²) in [5, 5.41) is 6.63. The van der Waals surface area contributed by atoms with Crippen LogP contribution in [0.15, 0.2) is 24.3 Å². The van der Waals surface area contributed by atoms with Crippen LogP contribution in [0.3, 0.4) is 0 Å². The molecule has 4 nitrogen and oxygen atoms in total. The van der Waals surface area contributed by atoms with Crippen LogP contribution >= 0.6 is 11.6 Å². The zero-order valence-electron chi connectivity index (χ0n) is 13.8. The molecule has 1 saturated carbocycles. The molecule has 0 heterocycles. The zero-order chi connectivity index (χ0) is 16.8. The summed E-state index contributed by atoms with van der Waals surface area (Å²) in [4.78, 5) is 24.3. The third kappa shape index (κ3) is 5.54. The van der Waals surface area contributed by atoms with E-state index in [0.29, 0.717) is 11.6 Å². The summed E-state index contributed by atoms with van der Waals surface area (Å²) in [6.07, 6.45) is 3.14. The third-order valence-electron chi connectivity index (χ3n) is 4.28. The topological polar surface area (TPSA) is 58.2 Å². The number of hydrogen-bond donors (Lipinski definition) is 2. The summed E-state index contributed by atoms with van der Waals surface area (Å²) in [5.74, 6) is 0.283. The highest BCUT2D eigenvalue weighted by atomic mass is 35.5. The highest BCUT2D eigenvalue weighted by molar-refractivity contribution is 6.30. The molecular weight excluding hydrogens is 312 g/mol. The van der Waals surface area contributed by atoms with Crippen LogP contribution in [-0.2, 0) is 16.1 Å². The van der Waals surface area contributed by atoms with E-state index in [-0.39, 0.29) is 29.7 Å². The number of benzene rings is 1. The Morgan fingerprint density at radius 2 is 1.57 bits per heavy atom. The lowest BCUT2D eigenvalue weighted by atomic mass is 9.81. The first kappa shape index (κ1) is 17.8. The average Bonchev–Trinajstić information content (AvgIpc) is 2.53. The summed E-state index contributed by atoms with van der Waals surface area (Å²) in [5.41, 5.74) is 1.03. The number of rotatable bonds is 5. The molecule has 1 aromatic carbocycles. The minimum atomic E-state index is 0.0189. The van der Waals surface area contributed by atoms with Crippen molar-refractivity contribution < 1.29 is 9.59 Å². The van der Waals surface area contributed by atoms with Gasteiger partial charge in [-0.05, 0) is 57.2 Å². The lowest BCUT2D eigenvalue weighted by Crippen LogP contribution is -2.39. The van der Waals surface area contributed by atoms with E-state index in [1.807, 2.05) is 38.1 Å². The highest BCUT2D eigenvalue weighted by Gasteiger charge is 2.29. The molecule has 0 atom stereocenters. The van der Waals surface area contributed by atoms with E-state index in [9.17, 15) is 9.59 Å². The van der Waals surface area contributed by atoms with Gasteiger partial charge in [0, 0.05) is 29.4 Å². The molecule has 0 spiro atoms. The van der Waals surface area contributed by atoms with Crippen molar-refractivity contribution in [3.05, 3.63) is 34.9 Å². The molecule has 1 aromatic rings. The molecule has 126 valence electrons. The van der Waals surface area contributed by atoms with Crippen LogP contribution in [0.25, 0.3) is 0 Å². The second-order valence-corrected chi connectivity index (χ2v) is 6.99. The van der Waals surface area contributed by atoms with Gasteiger partial charge in [-0.3, -0.25) is 9.59 Å². The SMILES string of the molecule is CC(C)NC(=O)C1CCC(C(=O)NCc2ccc(Cl)cc2)CC1.